The minimum absolute atomic E-state index is 0.00594. The number of fused-ring (bicyclic) bond motifs is 1. The van der Waals surface area contributed by atoms with Gasteiger partial charge in [0.1, 0.15) is 0 Å². The van der Waals surface area contributed by atoms with E-state index in [4.69, 9.17) is 9.73 Å². The van der Waals surface area contributed by atoms with Gasteiger partial charge in [-0.1, -0.05) is 73.7 Å². The van der Waals surface area contributed by atoms with Gasteiger partial charge in [0.15, 0.2) is 11.6 Å². The number of nitrogens with zero attached hydrogens (tertiary/aromatic N) is 1. The molecule has 0 saturated heterocycles. The van der Waals surface area contributed by atoms with Gasteiger partial charge >= 0.3 is 0 Å². The summed E-state index contributed by atoms with van der Waals surface area (Å²) in [7, 11) is 1.54. The van der Waals surface area contributed by atoms with Gasteiger partial charge in [0, 0.05) is 24.7 Å². The maximum Gasteiger partial charge on any atom is 0.223 e. The number of carbonyl (C=O) groups is 2. The molecule has 146 valence electrons. The maximum atomic E-state index is 13.5. The van der Waals surface area contributed by atoms with Crippen LogP contribution in [-0.4, -0.2) is 30.1 Å². The van der Waals surface area contributed by atoms with Crippen molar-refractivity contribution in [3.05, 3.63) is 77.9 Å². The second-order valence-corrected chi connectivity index (χ2v) is 8.22. The lowest BCUT2D eigenvalue weighted by atomic mass is 9.50. The molecule has 29 heavy (non-hydrogen) atoms. The van der Waals surface area contributed by atoms with Crippen LogP contribution < -0.4 is 0 Å². The zero-order chi connectivity index (χ0) is 20.2. The number of hydrogen-bond donors (Lipinski definition) is 0. The molecule has 0 amide bonds. The van der Waals surface area contributed by atoms with Gasteiger partial charge in [0.25, 0.3) is 0 Å². The summed E-state index contributed by atoms with van der Waals surface area (Å²) < 4.78 is 5.78. The summed E-state index contributed by atoms with van der Waals surface area (Å²) in [6, 6.07) is 19.8. The van der Waals surface area contributed by atoms with Crippen molar-refractivity contribution >= 4 is 23.4 Å². The molecule has 6 rings (SSSR count). The van der Waals surface area contributed by atoms with Gasteiger partial charge in [0.2, 0.25) is 5.72 Å². The molecule has 1 heterocycles. The van der Waals surface area contributed by atoms with Gasteiger partial charge < -0.3 is 4.74 Å². The first-order valence-corrected chi connectivity index (χ1v) is 10.1. The largest absolute Gasteiger partial charge is 0.350 e. The standard InChI is InChI=1S/C25H23NO3/c1-15-19(17-11-7-4-8-12-17)21-23(27)20-18(14-13-16-9-5-3-6-10-16)26-25(29-2,22(15)20)24(21)28/h3-15,19-22H,1-2H3/b14-13+/t15-,19+,20+,21-,22+,25+/m0/s1. The smallest absolute Gasteiger partial charge is 0.223 e. The molecule has 1 aliphatic heterocycles. The molecule has 3 fully saturated rings. The first-order valence-electron chi connectivity index (χ1n) is 10.1. The number of hydrogen-bond acceptors (Lipinski definition) is 4. The highest BCUT2D eigenvalue weighted by Gasteiger charge is 2.72. The Morgan fingerprint density at radius 2 is 1.59 bits per heavy atom. The van der Waals surface area contributed by atoms with Crippen LogP contribution in [0.25, 0.3) is 6.08 Å². The monoisotopic (exact) mass is 385 g/mol. The second-order valence-electron chi connectivity index (χ2n) is 8.22. The molecule has 0 spiro atoms. The van der Waals surface area contributed by atoms with Crippen molar-refractivity contribution in [2.45, 2.75) is 18.6 Å². The lowest BCUT2D eigenvalue weighted by Gasteiger charge is -2.52. The van der Waals surface area contributed by atoms with Crippen molar-refractivity contribution in [3.8, 4) is 0 Å². The number of Topliss-reactive ketones (excluding diaryl/α,β-unsaturated/α-hetero) is 2. The van der Waals surface area contributed by atoms with Gasteiger partial charge in [-0.2, -0.15) is 0 Å². The van der Waals surface area contributed by atoms with E-state index in [1.165, 1.54) is 7.11 Å². The molecule has 3 saturated carbocycles. The van der Waals surface area contributed by atoms with Crippen LogP contribution in [0.5, 0.6) is 0 Å². The first-order chi connectivity index (χ1) is 14.1. The molecule has 2 aromatic carbocycles. The molecule has 4 aliphatic rings. The molecular formula is C25H23NO3. The van der Waals surface area contributed by atoms with E-state index >= 15 is 0 Å². The number of aliphatic imine (C=N–C) groups is 1. The highest BCUT2D eigenvalue weighted by molar-refractivity contribution is 6.25. The van der Waals surface area contributed by atoms with Crippen LogP contribution in [0.1, 0.15) is 24.0 Å². The normalized spacial score (nSPS) is 35.4. The Kier molecular flexibility index (Phi) is 4.14. The lowest BCUT2D eigenvalue weighted by Crippen LogP contribution is -2.65. The zero-order valence-corrected chi connectivity index (χ0v) is 16.5. The van der Waals surface area contributed by atoms with Crippen molar-refractivity contribution in [2.24, 2.45) is 28.7 Å². The maximum absolute atomic E-state index is 13.5. The molecule has 2 aromatic rings. The third-order valence-corrected chi connectivity index (χ3v) is 6.91. The Morgan fingerprint density at radius 1 is 0.931 bits per heavy atom. The fourth-order valence-corrected chi connectivity index (χ4v) is 5.70. The fourth-order valence-electron chi connectivity index (χ4n) is 5.70. The Bertz CT molecular complexity index is 1030. The van der Waals surface area contributed by atoms with E-state index in [1.54, 1.807) is 0 Å². The number of ether oxygens (including phenoxy) is 1. The zero-order valence-electron chi connectivity index (χ0n) is 16.5. The number of methoxy groups -OCH3 is 1. The second kappa shape index (κ2) is 6.60. The predicted molar refractivity (Wildman–Crippen MR) is 111 cm³/mol. The van der Waals surface area contributed by atoms with E-state index in [1.807, 2.05) is 72.8 Å². The van der Waals surface area contributed by atoms with Crippen LogP contribution in [0, 0.1) is 23.7 Å². The van der Waals surface area contributed by atoms with Crippen LogP contribution in [0.15, 0.2) is 71.7 Å². The molecule has 0 unspecified atom stereocenters. The first kappa shape index (κ1) is 18.2. The van der Waals surface area contributed by atoms with E-state index in [0.717, 1.165) is 11.1 Å². The Labute approximate surface area is 170 Å². The molecule has 4 heteroatoms. The fraction of sp³-hybridized carbons (Fsp3) is 0.320. The summed E-state index contributed by atoms with van der Waals surface area (Å²) in [4.78, 5) is 31.7. The quantitative estimate of drug-likeness (QED) is 0.750. The highest BCUT2D eigenvalue weighted by atomic mass is 16.5. The molecule has 0 radical (unpaired) electrons. The van der Waals surface area contributed by atoms with E-state index in [2.05, 4.69) is 6.92 Å². The van der Waals surface area contributed by atoms with Crippen molar-refractivity contribution in [2.75, 3.05) is 7.11 Å². The van der Waals surface area contributed by atoms with Crippen LogP contribution in [0.4, 0.5) is 0 Å². The van der Waals surface area contributed by atoms with Crippen molar-refractivity contribution in [1.29, 1.82) is 0 Å². The summed E-state index contributed by atoms with van der Waals surface area (Å²) >= 11 is 0. The molecule has 0 aromatic heterocycles. The number of ketones is 2. The van der Waals surface area contributed by atoms with Gasteiger partial charge in [-0.3, -0.25) is 9.59 Å². The number of carbonyl (C=O) groups excluding carboxylic acids is 2. The lowest BCUT2D eigenvalue weighted by molar-refractivity contribution is -0.179. The summed E-state index contributed by atoms with van der Waals surface area (Å²) in [6.07, 6.45) is 3.84. The summed E-state index contributed by atoms with van der Waals surface area (Å²) in [5.74, 6) is -1.54. The minimum Gasteiger partial charge on any atom is -0.350 e. The Morgan fingerprint density at radius 3 is 2.24 bits per heavy atom. The molecule has 6 atom stereocenters. The summed E-state index contributed by atoms with van der Waals surface area (Å²) in [5, 5.41) is 0. The van der Waals surface area contributed by atoms with Gasteiger partial charge in [-0.25, -0.2) is 4.99 Å². The summed E-state index contributed by atoms with van der Waals surface area (Å²) in [6.45, 7) is 2.13. The van der Waals surface area contributed by atoms with Gasteiger partial charge in [-0.05, 0) is 23.1 Å². The summed E-state index contributed by atoms with van der Waals surface area (Å²) in [5.41, 5.74) is 1.51. The van der Waals surface area contributed by atoms with Gasteiger partial charge in [0.05, 0.1) is 11.8 Å². The van der Waals surface area contributed by atoms with Crippen LogP contribution >= 0.6 is 0 Å². The molecular weight excluding hydrogens is 362 g/mol. The highest BCUT2D eigenvalue weighted by Crippen LogP contribution is 2.60. The van der Waals surface area contributed by atoms with E-state index < -0.39 is 11.6 Å². The van der Waals surface area contributed by atoms with E-state index in [0.29, 0.717) is 5.71 Å². The van der Waals surface area contributed by atoms with Gasteiger partial charge in [-0.15, -0.1) is 0 Å². The molecule has 4 nitrogen and oxygen atoms in total. The van der Waals surface area contributed by atoms with Crippen molar-refractivity contribution in [3.63, 3.8) is 0 Å². The number of allylic oxidation sites excluding steroid dienone is 1. The molecule has 3 aliphatic carbocycles. The molecule has 0 N–H and O–H groups in total. The van der Waals surface area contributed by atoms with E-state index in [-0.39, 0.29) is 35.2 Å². The SMILES string of the molecule is CO[C@@]12N=C(/C=C/c3ccccc3)[C@H]3C(=O)[C@@H](C1=O)[C@@H](c1ccccc1)[C@H](C)[C@H]32. The molecule has 4 bridgehead atoms. The van der Waals surface area contributed by atoms with Crippen LogP contribution in [-0.2, 0) is 14.3 Å². The third kappa shape index (κ3) is 2.45. The average Bonchev–Trinajstić information content (AvgIpc) is 3.08. The van der Waals surface area contributed by atoms with Crippen LogP contribution in [0.3, 0.4) is 0 Å². The van der Waals surface area contributed by atoms with Crippen molar-refractivity contribution < 1.29 is 14.3 Å². The number of rotatable bonds is 4. The Hall–Kier alpha value is -2.85. The van der Waals surface area contributed by atoms with E-state index in [9.17, 15) is 9.59 Å². The average molecular weight is 385 g/mol. The number of benzene rings is 2. The Balaban J connectivity index is 1.58. The van der Waals surface area contributed by atoms with Crippen LogP contribution in [0.2, 0.25) is 0 Å². The third-order valence-electron chi connectivity index (χ3n) is 6.91. The predicted octanol–water partition coefficient (Wildman–Crippen LogP) is 3.93. The topological polar surface area (TPSA) is 55.7 Å². The van der Waals surface area contributed by atoms with Crippen molar-refractivity contribution in [1.82, 2.24) is 0 Å². The minimum atomic E-state index is -1.23.